The van der Waals surface area contributed by atoms with Crippen LogP contribution in [0.4, 0.5) is 0 Å². The lowest BCUT2D eigenvalue weighted by molar-refractivity contribution is -0.788. The van der Waals surface area contributed by atoms with E-state index in [9.17, 15) is 4.79 Å². The number of hydrogen-bond acceptors (Lipinski definition) is 4. The summed E-state index contributed by atoms with van der Waals surface area (Å²) in [6.45, 7) is 0.549. The van der Waals surface area contributed by atoms with E-state index in [0.717, 1.165) is 0 Å². The van der Waals surface area contributed by atoms with E-state index in [1.165, 1.54) is 18.3 Å². The summed E-state index contributed by atoms with van der Waals surface area (Å²) in [4.78, 5) is 10.7. The van der Waals surface area contributed by atoms with Crippen molar-refractivity contribution < 1.29 is 29.0 Å². The Labute approximate surface area is 121 Å². The molecule has 2 aromatic rings. The fourth-order valence-electron chi connectivity index (χ4n) is 1.71. The molecular formula is C14H15N3O4+2. The Balaban J connectivity index is 1.94. The number of carbonyl (C=O) groups is 1. The van der Waals surface area contributed by atoms with E-state index in [4.69, 9.17) is 15.1 Å². The Kier molecular flexibility index (Phi) is 4.94. The van der Waals surface area contributed by atoms with E-state index >= 15 is 0 Å². The third-order valence-corrected chi connectivity index (χ3v) is 2.77. The third kappa shape index (κ3) is 4.08. The van der Waals surface area contributed by atoms with Gasteiger partial charge in [-0.05, 0) is 6.07 Å². The molecule has 2 aromatic heterocycles. The van der Waals surface area contributed by atoms with Crippen LogP contribution in [0.3, 0.4) is 0 Å². The first-order valence-corrected chi connectivity index (χ1v) is 6.17. The maximum Gasteiger partial charge on any atom is 0.336 e. The van der Waals surface area contributed by atoms with Crippen LogP contribution < -0.4 is 9.13 Å². The Morgan fingerprint density at radius 3 is 2.62 bits per heavy atom. The molecule has 2 N–H and O–H groups in total. The molecular weight excluding hydrogens is 274 g/mol. The number of ether oxygens (including phenoxy) is 1. The van der Waals surface area contributed by atoms with Crippen LogP contribution in [0, 0.1) is 0 Å². The summed E-state index contributed by atoms with van der Waals surface area (Å²) >= 11 is 0. The van der Waals surface area contributed by atoms with Gasteiger partial charge in [-0.25, -0.2) is 4.79 Å². The second-order valence-electron chi connectivity index (χ2n) is 4.21. The summed E-state index contributed by atoms with van der Waals surface area (Å²) in [6.07, 6.45) is 6.39. The SMILES string of the molecule is O=C(O)c1cc[n+](COC[n+]2ccccc2C=NO)cc1. The minimum absolute atomic E-state index is 0.227. The zero-order chi connectivity index (χ0) is 15.1. The maximum atomic E-state index is 10.7. The lowest BCUT2D eigenvalue weighted by Crippen LogP contribution is -2.42. The van der Waals surface area contributed by atoms with E-state index in [1.54, 1.807) is 33.8 Å². The number of aromatic carboxylic acids is 1. The molecule has 0 bridgehead atoms. The van der Waals surface area contributed by atoms with Crippen molar-refractivity contribution in [2.45, 2.75) is 13.5 Å². The van der Waals surface area contributed by atoms with Crippen molar-refractivity contribution in [2.24, 2.45) is 5.16 Å². The molecule has 0 unspecified atom stereocenters. The first kappa shape index (κ1) is 14.6. The van der Waals surface area contributed by atoms with Gasteiger partial charge in [0.1, 0.15) is 6.21 Å². The number of aromatic nitrogens is 2. The molecule has 7 nitrogen and oxygen atoms in total. The molecule has 2 rings (SSSR count). The minimum atomic E-state index is -0.962. The molecule has 0 aromatic carbocycles. The van der Waals surface area contributed by atoms with Gasteiger partial charge in [-0.1, -0.05) is 5.16 Å². The number of nitrogens with zero attached hydrogens (tertiary/aromatic N) is 3. The maximum absolute atomic E-state index is 10.7. The summed E-state index contributed by atoms with van der Waals surface area (Å²) in [5, 5.41) is 20.4. The van der Waals surface area contributed by atoms with Crippen molar-refractivity contribution in [1.29, 1.82) is 0 Å². The average molecular weight is 289 g/mol. The summed E-state index contributed by atoms with van der Waals surface area (Å²) < 4.78 is 9.02. The van der Waals surface area contributed by atoms with Crippen molar-refractivity contribution in [3.05, 3.63) is 60.2 Å². The quantitative estimate of drug-likeness (QED) is 0.349. The van der Waals surface area contributed by atoms with E-state index < -0.39 is 5.97 Å². The first-order chi connectivity index (χ1) is 10.2. The van der Waals surface area contributed by atoms with Crippen LogP contribution in [0.25, 0.3) is 0 Å². The third-order valence-electron chi connectivity index (χ3n) is 2.77. The Morgan fingerprint density at radius 1 is 1.19 bits per heavy atom. The highest BCUT2D eigenvalue weighted by Crippen LogP contribution is 1.94. The number of oxime groups is 1. The fraction of sp³-hybridized carbons (Fsp3) is 0.143. The van der Waals surface area contributed by atoms with Gasteiger partial charge in [0.05, 0.1) is 5.56 Å². The van der Waals surface area contributed by atoms with E-state index in [1.807, 2.05) is 12.1 Å². The molecule has 0 amide bonds. The number of rotatable bonds is 6. The summed E-state index contributed by atoms with van der Waals surface area (Å²) in [7, 11) is 0. The van der Waals surface area contributed by atoms with Gasteiger partial charge in [-0.15, -0.1) is 0 Å². The van der Waals surface area contributed by atoms with Crippen molar-refractivity contribution in [1.82, 2.24) is 0 Å². The minimum Gasteiger partial charge on any atom is -0.478 e. The van der Waals surface area contributed by atoms with Crippen LogP contribution in [0.15, 0.2) is 54.1 Å². The number of carboxylic acid groups (broad SMARTS) is 1. The Morgan fingerprint density at radius 2 is 1.95 bits per heavy atom. The largest absolute Gasteiger partial charge is 0.478 e. The van der Waals surface area contributed by atoms with Crippen LogP contribution in [0.5, 0.6) is 0 Å². The molecule has 0 radical (unpaired) electrons. The van der Waals surface area contributed by atoms with E-state index in [2.05, 4.69) is 5.16 Å². The van der Waals surface area contributed by atoms with Gasteiger partial charge in [0.2, 0.25) is 5.69 Å². The van der Waals surface area contributed by atoms with Gasteiger partial charge in [-0.3, -0.25) is 4.74 Å². The van der Waals surface area contributed by atoms with E-state index in [0.29, 0.717) is 5.69 Å². The summed E-state index contributed by atoms with van der Waals surface area (Å²) in [5.74, 6) is -0.962. The predicted molar refractivity (Wildman–Crippen MR) is 70.7 cm³/mol. The molecule has 0 aliphatic rings. The molecule has 108 valence electrons. The Hall–Kier alpha value is -2.80. The molecule has 0 fully saturated rings. The lowest BCUT2D eigenvalue weighted by atomic mass is 10.3. The van der Waals surface area contributed by atoms with Crippen molar-refractivity contribution >= 4 is 12.2 Å². The monoisotopic (exact) mass is 289 g/mol. The molecule has 0 atom stereocenters. The normalized spacial score (nSPS) is 10.9. The molecule has 0 saturated carbocycles. The topological polar surface area (TPSA) is 86.9 Å². The summed E-state index contributed by atoms with van der Waals surface area (Å²) in [5.41, 5.74) is 0.927. The van der Waals surface area contributed by atoms with Crippen LogP contribution >= 0.6 is 0 Å². The number of pyridine rings is 2. The molecule has 0 aliphatic heterocycles. The highest BCUT2D eigenvalue weighted by molar-refractivity contribution is 5.87. The van der Waals surface area contributed by atoms with Gasteiger partial charge in [-0.2, -0.15) is 9.13 Å². The molecule has 21 heavy (non-hydrogen) atoms. The Bertz CT molecular complexity index is 641. The number of carboxylic acids is 1. The van der Waals surface area contributed by atoms with Crippen LogP contribution in [0.2, 0.25) is 0 Å². The summed E-state index contributed by atoms with van der Waals surface area (Å²) in [6, 6.07) is 8.47. The standard InChI is InChI=1S/C14H13N3O4/c18-14(19)12-4-7-16(8-5-12)10-21-11-17-6-2-1-3-13(17)9-15-20/h1-9H,10-11H2/p+2. The van der Waals surface area contributed by atoms with Crippen molar-refractivity contribution in [3.8, 4) is 0 Å². The molecule has 0 aliphatic carbocycles. The molecule has 0 saturated heterocycles. The van der Waals surface area contributed by atoms with Gasteiger partial charge < -0.3 is 10.3 Å². The second-order valence-corrected chi connectivity index (χ2v) is 4.21. The van der Waals surface area contributed by atoms with E-state index in [-0.39, 0.29) is 19.0 Å². The highest BCUT2D eigenvalue weighted by atomic mass is 16.5. The average Bonchev–Trinajstić information content (AvgIpc) is 2.50. The zero-order valence-electron chi connectivity index (χ0n) is 11.2. The highest BCUT2D eigenvalue weighted by Gasteiger charge is 2.10. The van der Waals surface area contributed by atoms with Crippen molar-refractivity contribution in [3.63, 3.8) is 0 Å². The van der Waals surface area contributed by atoms with Gasteiger partial charge >= 0.3 is 5.97 Å². The molecule has 2 heterocycles. The smallest absolute Gasteiger partial charge is 0.336 e. The fourth-order valence-corrected chi connectivity index (χ4v) is 1.71. The molecule has 7 heteroatoms. The van der Waals surface area contributed by atoms with Gasteiger partial charge in [0.15, 0.2) is 18.6 Å². The number of hydrogen-bond donors (Lipinski definition) is 2. The van der Waals surface area contributed by atoms with Crippen molar-refractivity contribution in [2.75, 3.05) is 0 Å². The van der Waals surface area contributed by atoms with Crippen LogP contribution in [-0.2, 0) is 18.2 Å². The van der Waals surface area contributed by atoms with Crippen LogP contribution in [0.1, 0.15) is 16.1 Å². The zero-order valence-corrected chi connectivity index (χ0v) is 11.2. The second kappa shape index (κ2) is 7.11. The van der Waals surface area contributed by atoms with Crippen LogP contribution in [-0.4, -0.2) is 22.5 Å². The first-order valence-electron chi connectivity index (χ1n) is 6.17. The lowest BCUT2D eigenvalue weighted by Gasteiger charge is -2.00. The van der Waals surface area contributed by atoms with Gasteiger partial charge in [0, 0.05) is 24.3 Å². The predicted octanol–water partition coefficient (Wildman–Crippen LogP) is 0.400. The molecule has 0 spiro atoms. The van der Waals surface area contributed by atoms with Gasteiger partial charge in [0.25, 0.3) is 13.5 Å².